The fourth-order valence-corrected chi connectivity index (χ4v) is 2.34. The van der Waals surface area contributed by atoms with Gasteiger partial charge in [0.15, 0.2) is 0 Å². The van der Waals surface area contributed by atoms with Crippen molar-refractivity contribution in [2.75, 3.05) is 26.7 Å². The Morgan fingerprint density at radius 3 is 1.40 bits per heavy atom. The summed E-state index contributed by atoms with van der Waals surface area (Å²) in [6, 6.07) is 0. The molecule has 6 heteroatoms. The molecule has 3 nitrogen and oxygen atoms in total. The van der Waals surface area contributed by atoms with Crippen molar-refractivity contribution in [3.8, 4) is 0 Å². The summed E-state index contributed by atoms with van der Waals surface area (Å²) in [5, 5.41) is 0.399. The van der Waals surface area contributed by atoms with Crippen LogP contribution in [0.3, 0.4) is 0 Å². The molecule has 0 radical (unpaired) electrons. The van der Waals surface area contributed by atoms with E-state index in [-0.39, 0.29) is 51.4 Å². The second kappa shape index (κ2) is 7.72. The first-order valence-electron chi connectivity index (χ1n) is 2.48. The molecule has 0 aliphatic heterocycles. The van der Waals surface area contributed by atoms with Gasteiger partial charge in [0.2, 0.25) is 0 Å². The first-order chi connectivity index (χ1) is 4.24. The van der Waals surface area contributed by atoms with Crippen LogP contribution in [0, 0.1) is 0 Å². The molecule has 0 heterocycles. The Morgan fingerprint density at radius 2 is 1.40 bits per heavy atom. The maximum atomic E-state index is 4.98. The molecule has 0 atom stereocenters. The fourth-order valence-electron chi connectivity index (χ4n) is 0.427. The molecular weight excluding hydrogens is 195 g/mol. The average Bonchev–Trinajstić information content (AvgIpc) is 1.95. The van der Waals surface area contributed by atoms with E-state index in [2.05, 4.69) is 0 Å². The molecule has 0 saturated carbocycles. The van der Waals surface area contributed by atoms with Crippen LogP contribution in [-0.4, -0.2) is 35.5 Å². The first-order valence-corrected chi connectivity index (χ1v) is 4.99. The third-order valence-corrected chi connectivity index (χ3v) is 4.39. The minimum atomic E-state index is -2.38. The minimum Gasteiger partial charge on any atom is -0.789 e. The molecule has 0 saturated heterocycles. The predicted molar refractivity (Wildman–Crippen MR) is 39.0 cm³/mol. The van der Waals surface area contributed by atoms with Gasteiger partial charge in [0.25, 0.3) is 0 Å². The monoisotopic (exact) mass is 206 g/mol. The average molecular weight is 206 g/mol. The van der Waals surface area contributed by atoms with Crippen molar-refractivity contribution >= 4 is 21.4 Å². The fraction of sp³-hybridized carbons (Fsp3) is 1.00. The van der Waals surface area contributed by atoms with E-state index in [1.165, 1.54) is 0 Å². The second-order valence-electron chi connectivity index (χ2n) is 1.44. The molecule has 0 aliphatic rings. The maximum Gasteiger partial charge on any atom is 1.00 e. The van der Waals surface area contributed by atoms with Crippen LogP contribution in [-0.2, 0) is 25.9 Å². The zero-order valence-corrected chi connectivity index (χ0v) is 11.8. The number of hydrogen-bond donors (Lipinski definition) is 0. The molecule has 0 fully saturated rings. The van der Waals surface area contributed by atoms with E-state index in [1.807, 2.05) is 0 Å². The van der Waals surface area contributed by atoms with Crippen LogP contribution >= 0.6 is 0 Å². The van der Waals surface area contributed by atoms with Gasteiger partial charge in [-0.2, -0.15) is 0 Å². The van der Waals surface area contributed by atoms with Crippen LogP contribution in [0.5, 0.6) is 0 Å². The minimum absolute atomic E-state index is 0. The van der Waals surface area contributed by atoms with Gasteiger partial charge in [0, 0.05) is 21.3 Å². The third-order valence-electron chi connectivity index (χ3n) is 1.11. The molecule has 0 aromatic carbocycles. The van der Waals surface area contributed by atoms with Gasteiger partial charge in [-0.05, 0) is 0 Å². The van der Waals surface area contributed by atoms with Crippen LogP contribution in [0.1, 0.15) is 0 Å². The first kappa shape index (κ1) is 14.6. The van der Waals surface area contributed by atoms with Crippen molar-refractivity contribution in [3.05, 3.63) is 0 Å². The van der Waals surface area contributed by atoms with Crippen LogP contribution in [0.4, 0.5) is 0 Å². The molecule has 56 valence electrons. The van der Waals surface area contributed by atoms with E-state index in [1.54, 1.807) is 21.3 Å². The van der Waals surface area contributed by atoms with E-state index in [9.17, 15) is 0 Å². The SMILES string of the molecule is CO[Si](C[S-])(OC)OC.[K+]. The Bertz CT molecular complexity index is 63.4. The Balaban J connectivity index is 0. The molecule has 0 aromatic rings. The Hall–Kier alpha value is 2.08. The number of hydrogen-bond acceptors (Lipinski definition) is 4. The molecule has 0 spiro atoms. The van der Waals surface area contributed by atoms with E-state index < -0.39 is 8.80 Å². The summed E-state index contributed by atoms with van der Waals surface area (Å²) in [6.07, 6.45) is 0. The number of rotatable bonds is 4. The summed E-state index contributed by atoms with van der Waals surface area (Å²) >= 11 is 4.77. The molecule has 0 rings (SSSR count). The molecule has 0 amide bonds. The van der Waals surface area contributed by atoms with Gasteiger partial charge in [-0.25, -0.2) is 0 Å². The summed E-state index contributed by atoms with van der Waals surface area (Å²) in [6.45, 7) is 0. The van der Waals surface area contributed by atoms with Gasteiger partial charge in [0.1, 0.15) is 0 Å². The van der Waals surface area contributed by atoms with E-state index in [4.69, 9.17) is 25.9 Å². The van der Waals surface area contributed by atoms with Crippen molar-refractivity contribution < 1.29 is 64.7 Å². The summed E-state index contributed by atoms with van der Waals surface area (Å²) in [5.74, 6) is 0. The van der Waals surface area contributed by atoms with E-state index in [0.29, 0.717) is 5.38 Å². The molecule has 0 bridgehead atoms. The molecule has 0 N–H and O–H groups in total. The van der Waals surface area contributed by atoms with Gasteiger partial charge in [0.05, 0.1) is 0 Å². The summed E-state index contributed by atoms with van der Waals surface area (Å²) < 4.78 is 14.9. The molecule has 0 unspecified atom stereocenters. The second-order valence-corrected chi connectivity index (χ2v) is 5.19. The van der Waals surface area contributed by atoms with Crippen molar-refractivity contribution in [2.24, 2.45) is 0 Å². The quantitative estimate of drug-likeness (QED) is 0.361. The summed E-state index contributed by atoms with van der Waals surface area (Å²) in [5.41, 5.74) is 0. The standard InChI is InChI=1S/C4H12O3SSi.K/c1-5-9(4-8,6-2)7-3;/h8H,4H2,1-3H3;/q;+1/p-1. The summed E-state index contributed by atoms with van der Waals surface area (Å²) in [4.78, 5) is 0. The third kappa shape index (κ3) is 4.19. The van der Waals surface area contributed by atoms with Crippen molar-refractivity contribution in [1.29, 1.82) is 0 Å². The van der Waals surface area contributed by atoms with Gasteiger partial charge in [-0.1, -0.05) is 0 Å². The largest absolute Gasteiger partial charge is 1.00 e. The van der Waals surface area contributed by atoms with Crippen LogP contribution < -0.4 is 51.4 Å². The zero-order chi connectivity index (χ0) is 7.33. The Labute approximate surface area is 111 Å². The predicted octanol–water partition coefficient (Wildman–Crippen LogP) is -3.05. The van der Waals surface area contributed by atoms with Crippen molar-refractivity contribution in [3.63, 3.8) is 0 Å². The van der Waals surface area contributed by atoms with Gasteiger partial charge in [-0.15, -0.1) is 5.38 Å². The Morgan fingerprint density at radius 1 is 1.10 bits per heavy atom. The van der Waals surface area contributed by atoms with Gasteiger partial charge in [-0.3, -0.25) is 0 Å². The van der Waals surface area contributed by atoms with Crippen LogP contribution in [0.25, 0.3) is 0 Å². The maximum absolute atomic E-state index is 4.98. The molecule has 10 heavy (non-hydrogen) atoms. The van der Waals surface area contributed by atoms with Crippen molar-refractivity contribution in [2.45, 2.75) is 0 Å². The molecule has 0 aromatic heterocycles. The van der Waals surface area contributed by atoms with E-state index in [0.717, 1.165) is 0 Å². The van der Waals surface area contributed by atoms with Crippen LogP contribution in [0.15, 0.2) is 0 Å². The summed E-state index contributed by atoms with van der Waals surface area (Å²) in [7, 11) is 2.26. The molecule has 0 aliphatic carbocycles. The smallest absolute Gasteiger partial charge is 0.789 e. The van der Waals surface area contributed by atoms with E-state index >= 15 is 0 Å². The van der Waals surface area contributed by atoms with Gasteiger partial charge >= 0.3 is 60.2 Å². The Kier molecular flexibility index (Phi) is 11.3. The topological polar surface area (TPSA) is 27.7 Å². The zero-order valence-electron chi connectivity index (χ0n) is 6.84. The molecular formula is C4H11KO3SSi. The van der Waals surface area contributed by atoms with Crippen molar-refractivity contribution in [1.82, 2.24) is 0 Å². The normalized spacial score (nSPS) is 10.8. The van der Waals surface area contributed by atoms with Gasteiger partial charge < -0.3 is 25.9 Å². The van der Waals surface area contributed by atoms with Crippen LogP contribution in [0.2, 0.25) is 0 Å².